The average molecular weight is 327 g/mol. The Morgan fingerprint density at radius 3 is 2.59 bits per heavy atom. The van der Waals surface area contributed by atoms with Crippen LogP contribution in [-0.4, -0.2) is 22.2 Å². The van der Waals surface area contributed by atoms with Gasteiger partial charge in [0.2, 0.25) is 0 Å². The molecule has 8 heteroatoms. The van der Waals surface area contributed by atoms with Gasteiger partial charge in [0.05, 0.1) is 23.0 Å². The lowest BCUT2D eigenvalue weighted by molar-refractivity contribution is -0.137. The van der Waals surface area contributed by atoms with Crippen molar-refractivity contribution in [2.75, 3.05) is 11.9 Å². The molecule has 1 N–H and O–H groups in total. The zero-order valence-electron chi connectivity index (χ0n) is 11.3. The van der Waals surface area contributed by atoms with Gasteiger partial charge in [-0.05, 0) is 30.3 Å². The van der Waals surface area contributed by atoms with E-state index in [2.05, 4.69) is 15.2 Å². The molecule has 0 amide bonds. The first-order chi connectivity index (χ1) is 10.4. The van der Waals surface area contributed by atoms with Crippen molar-refractivity contribution in [2.45, 2.75) is 6.18 Å². The molecule has 0 bridgehead atoms. The minimum absolute atomic E-state index is 0.318. The molecule has 2 aromatic heterocycles. The predicted molar refractivity (Wildman–Crippen MR) is 78.4 cm³/mol. The van der Waals surface area contributed by atoms with E-state index in [-0.39, 0.29) is 0 Å². The van der Waals surface area contributed by atoms with Crippen LogP contribution in [0.3, 0.4) is 0 Å². The largest absolute Gasteiger partial charge is 0.416 e. The van der Waals surface area contributed by atoms with E-state index in [1.165, 1.54) is 6.07 Å². The van der Waals surface area contributed by atoms with Crippen molar-refractivity contribution < 1.29 is 13.2 Å². The number of anilines is 2. The van der Waals surface area contributed by atoms with Gasteiger partial charge in [0.15, 0.2) is 5.82 Å². The number of rotatable bonds is 2. The summed E-state index contributed by atoms with van der Waals surface area (Å²) in [6.45, 7) is 0. The number of pyridine rings is 1. The van der Waals surface area contributed by atoms with Crippen LogP contribution >= 0.6 is 11.6 Å². The number of alkyl halides is 3. The number of hydrogen-bond acceptors (Lipinski definition) is 3. The van der Waals surface area contributed by atoms with Crippen LogP contribution in [0.1, 0.15) is 5.56 Å². The average Bonchev–Trinajstić information content (AvgIpc) is 2.89. The molecule has 1 aromatic carbocycles. The van der Waals surface area contributed by atoms with Crippen LogP contribution in [0.15, 0.2) is 36.5 Å². The zero-order valence-corrected chi connectivity index (χ0v) is 12.1. The van der Waals surface area contributed by atoms with E-state index in [9.17, 15) is 13.2 Å². The van der Waals surface area contributed by atoms with Gasteiger partial charge in [-0.3, -0.25) is 5.10 Å². The second kappa shape index (κ2) is 5.17. The first-order valence-corrected chi connectivity index (χ1v) is 6.64. The van der Waals surface area contributed by atoms with Crippen molar-refractivity contribution in [3.63, 3.8) is 0 Å². The third kappa shape index (κ3) is 2.59. The lowest BCUT2D eigenvalue weighted by Gasteiger charge is -2.16. The van der Waals surface area contributed by atoms with E-state index in [1.807, 2.05) is 0 Å². The summed E-state index contributed by atoms with van der Waals surface area (Å²) >= 11 is 5.74. The van der Waals surface area contributed by atoms with E-state index in [1.54, 1.807) is 30.3 Å². The Hall–Kier alpha value is -2.28. The number of aromatic amines is 1. The maximum atomic E-state index is 12.7. The maximum Gasteiger partial charge on any atom is 0.416 e. The molecule has 3 aromatic rings. The molecule has 0 aliphatic carbocycles. The Balaban J connectivity index is 2.03. The van der Waals surface area contributed by atoms with Gasteiger partial charge in [-0.25, -0.2) is 4.98 Å². The molecule has 22 heavy (non-hydrogen) atoms. The SMILES string of the molecule is CN(c1ccc(Cl)nc1)c1n[nH]c2cc(C(F)(F)F)ccc12. The molecule has 2 heterocycles. The van der Waals surface area contributed by atoms with Gasteiger partial charge in [0.1, 0.15) is 5.15 Å². The minimum atomic E-state index is -4.38. The molecule has 0 radical (unpaired) electrons. The second-order valence-corrected chi connectivity index (χ2v) is 5.09. The Labute approximate surface area is 128 Å². The van der Waals surface area contributed by atoms with Crippen LogP contribution in [-0.2, 0) is 6.18 Å². The van der Waals surface area contributed by atoms with Crippen LogP contribution in [0.2, 0.25) is 5.15 Å². The summed E-state index contributed by atoms with van der Waals surface area (Å²) in [5.74, 6) is 0.507. The molecule has 0 aliphatic rings. The number of nitrogens with one attached hydrogen (secondary N) is 1. The van der Waals surface area contributed by atoms with Gasteiger partial charge in [0, 0.05) is 12.4 Å². The highest BCUT2D eigenvalue weighted by atomic mass is 35.5. The van der Waals surface area contributed by atoms with Crippen LogP contribution in [0.5, 0.6) is 0 Å². The lowest BCUT2D eigenvalue weighted by atomic mass is 10.1. The van der Waals surface area contributed by atoms with E-state index in [0.29, 0.717) is 21.9 Å². The molecular formula is C14H10ClF3N4. The van der Waals surface area contributed by atoms with E-state index >= 15 is 0 Å². The van der Waals surface area contributed by atoms with Crippen LogP contribution in [0, 0.1) is 0 Å². The third-order valence-electron chi connectivity index (χ3n) is 3.29. The van der Waals surface area contributed by atoms with Crippen molar-refractivity contribution in [2.24, 2.45) is 0 Å². The molecule has 0 saturated carbocycles. The van der Waals surface area contributed by atoms with Crippen molar-refractivity contribution >= 4 is 34.0 Å². The first kappa shape index (κ1) is 14.6. The molecule has 0 spiro atoms. The minimum Gasteiger partial charge on any atom is -0.326 e. The molecule has 0 saturated heterocycles. The van der Waals surface area contributed by atoms with Crippen molar-refractivity contribution in [1.29, 1.82) is 0 Å². The monoisotopic (exact) mass is 326 g/mol. The summed E-state index contributed by atoms with van der Waals surface area (Å²) in [5.41, 5.74) is 0.322. The number of halogens is 4. The molecule has 0 fully saturated rings. The van der Waals surface area contributed by atoms with Crippen molar-refractivity contribution in [3.05, 3.63) is 47.2 Å². The fourth-order valence-corrected chi connectivity index (χ4v) is 2.24. The molecule has 114 valence electrons. The fraction of sp³-hybridized carbons (Fsp3) is 0.143. The number of fused-ring (bicyclic) bond motifs is 1. The summed E-state index contributed by atoms with van der Waals surface area (Å²) < 4.78 is 38.2. The normalized spacial score (nSPS) is 11.9. The van der Waals surface area contributed by atoms with Gasteiger partial charge < -0.3 is 4.90 Å². The summed E-state index contributed by atoms with van der Waals surface area (Å²) in [4.78, 5) is 5.69. The highest BCUT2D eigenvalue weighted by molar-refractivity contribution is 6.29. The van der Waals surface area contributed by atoms with Gasteiger partial charge in [-0.2, -0.15) is 18.3 Å². The Kier molecular flexibility index (Phi) is 3.44. The highest BCUT2D eigenvalue weighted by Crippen LogP contribution is 2.34. The number of hydrogen-bond donors (Lipinski definition) is 1. The van der Waals surface area contributed by atoms with Crippen molar-refractivity contribution in [1.82, 2.24) is 15.2 Å². The first-order valence-electron chi connectivity index (χ1n) is 6.27. The molecule has 0 atom stereocenters. The van der Waals surface area contributed by atoms with Crippen LogP contribution < -0.4 is 4.90 Å². The topological polar surface area (TPSA) is 44.8 Å². The summed E-state index contributed by atoms with van der Waals surface area (Å²) in [6, 6.07) is 6.86. The summed E-state index contributed by atoms with van der Waals surface area (Å²) in [7, 11) is 1.75. The Bertz CT molecular complexity index is 811. The molecule has 4 nitrogen and oxygen atoms in total. The second-order valence-electron chi connectivity index (χ2n) is 4.70. The third-order valence-corrected chi connectivity index (χ3v) is 3.51. The van der Waals surface area contributed by atoms with Gasteiger partial charge in [-0.15, -0.1) is 0 Å². The summed E-state index contributed by atoms with van der Waals surface area (Å²) in [5, 5.41) is 7.66. The van der Waals surface area contributed by atoms with E-state index < -0.39 is 11.7 Å². The van der Waals surface area contributed by atoms with Crippen LogP contribution in [0.4, 0.5) is 24.7 Å². The number of aromatic nitrogens is 3. The quantitative estimate of drug-likeness (QED) is 0.710. The Morgan fingerprint density at radius 2 is 1.95 bits per heavy atom. The predicted octanol–water partition coefficient (Wildman–Crippen LogP) is 4.40. The number of nitrogens with zero attached hydrogens (tertiary/aromatic N) is 3. The molecule has 0 aliphatic heterocycles. The van der Waals surface area contributed by atoms with Gasteiger partial charge in [0.25, 0.3) is 0 Å². The number of H-pyrrole nitrogens is 1. The van der Waals surface area contributed by atoms with Gasteiger partial charge in [-0.1, -0.05) is 11.6 Å². The maximum absolute atomic E-state index is 12.7. The smallest absolute Gasteiger partial charge is 0.326 e. The van der Waals surface area contributed by atoms with Crippen LogP contribution in [0.25, 0.3) is 10.9 Å². The molecule has 0 unspecified atom stereocenters. The highest BCUT2D eigenvalue weighted by Gasteiger charge is 2.31. The zero-order chi connectivity index (χ0) is 15.9. The number of benzene rings is 1. The molecular weight excluding hydrogens is 317 g/mol. The fourth-order valence-electron chi connectivity index (χ4n) is 2.13. The van der Waals surface area contributed by atoms with Crippen molar-refractivity contribution in [3.8, 4) is 0 Å². The van der Waals surface area contributed by atoms with E-state index in [4.69, 9.17) is 11.6 Å². The van der Waals surface area contributed by atoms with Gasteiger partial charge >= 0.3 is 6.18 Å². The summed E-state index contributed by atoms with van der Waals surface area (Å²) in [6.07, 6.45) is -2.82. The molecule has 3 rings (SSSR count). The lowest BCUT2D eigenvalue weighted by Crippen LogP contribution is -2.10. The standard InChI is InChI=1S/C14H10ClF3N4/c1-22(9-3-5-12(15)19-7-9)13-10-4-2-8(14(16,17)18)6-11(10)20-21-13/h2-7H,1H3,(H,20,21). The van der Waals surface area contributed by atoms with E-state index in [0.717, 1.165) is 17.8 Å². The Morgan fingerprint density at radius 1 is 1.18 bits per heavy atom.